The van der Waals surface area contributed by atoms with Crippen molar-refractivity contribution in [1.29, 1.82) is 0 Å². The van der Waals surface area contributed by atoms with Crippen molar-refractivity contribution in [2.75, 3.05) is 6.54 Å². The van der Waals surface area contributed by atoms with Gasteiger partial charge >= 0.3 is 0 Å². The molecule has 0 spiro atoms. The summed E-state index contributed by atoms with van der Waals surface area (Å²) < 4.78 is 7.74. The third kappa shape index (κ3) is 4.86. The zero-order chi connectivity index (χ0) is 15.1. The molecule has 5 heteroatoms. The Hall–Kier alpha value is -1.88. The van der Waals surface area contributed by atoms with Crippen LogP contribution < -0.4 is 10.1 Å². The van der Waals surface area contributed by atoms with Gasteiger partial charge in [-0.3, -0.25) is 4.68 Å². The first-order chi connectivity index (χ1) is 10.2. The summed E-state index contributed by atoms with van der Waals surface area (Å²) in [6.45, 7) is 9.13. The number of aromatic nitrogens is 3. The van der Waals surface area contributed by atoms with E-state index in [0.717, 1.165) is 37.4 Å². The summed E-state index contributed by atoms with van der Waals surface area (Å²) in [6, 6.07) is 3.96. The number of nitrogens with one attached hydrogen (secondary N) is 1. The van der Waals surface area contributed by atoms with E-state index in [1.165, 1.54) is 0 Å². The second-order valence-corrected chi connectivity index (χ2v) is 5.53. The molecule has 0 saturated carbocycles. The van der Waals surface area contributed by atoms with E-state index in [1.54, 1.807) is 12.4 Å². The molecule has 5 nitrogen and oxygen atoms in total. The van der Waals surface area contributed by atoms with Gasteiger partial charge in [-0.25, -0.2) is 4.98 Å². The predicted molar refractivity (Wildman–Crippen MR) is 83.4 cm³/mol. The lowest BCUT2D eigenvalue weighted by Gasteiger charge is -2.10. The van der Waals surface area contributed by atoms with Gasteiger partial charge in [0.05, 0.1) is 12.4 Å². The van der Waals surface area contributed by atoms with Crippen molar-refractivity contribution in [3.8, 4) is 11.6 Å². The smallest absolute Gasteiger partial charge is 0.223 e. The average molecular weight is 288 g/mol. The van der Waals surface area contributed by atoms with E-state index in [-0.39, 0.29) is 0 Å². The molecule has 0 saturated heterocycles. The highest BCUT2D eigenvalue weighted by molar-refractivity contribution is 5.30. The van der Waals surface area contributed by atoms with Crippen molar-refractivity contribution < 1.29 is 4.74 Å². The highest BCUT2D eigenvalue weighted by Crippen LogP contribution is 2.22. The number of hydrogen-bond donors (Lipinski definition) is 1. The van der Waals surface area contributed by atoms with E-state index < -0.39 is 0 Å². The highest BCUT2D eigenvalue weighted by Gasteiger charge is 2.08. The van der Waals surface area contributed by atoms with Crippen LogP contribution in [0.3, 0.4) is 0 Å². The molecule has 2 aromatic heterocycles. The SMILES string of the molecule is CCCn1cc(Oc2ncccc2CNCC(C)C)cn1. The van der Waals surface area contributed by atoms with Crippen molar-refractivity contribution in [3.63, 3.8) is 0 Å². The molecule has 1 N–H and O–H groups in total. The Balaban J connectivity index is 2.01. The molecular weight excluding hydrogens is 264 g/mol. The van der Waals surface area contributed by atoms with Crippen LogP contribution in [0.1, 0.15) is 32.8 Å². The van der Waals surface area contributed by atoms with Gasteiger partial charge in [0.15, 0.2) is 5.75 Å². The van der Waals surface area contributed by atoms with Crippen LogP contribution in [0.5, 0.6) is 11.6 Å². The van der Waals surface area contributed by atoms with Crippen LogP contribution in [0.4, 0.5) is 0 Å². The quantitative estimate of drug-likeness (QED) is 0.810. The summed E-state index contributed by atoms with van der Waals surface area (Å²) in [6.07, 6.45) is 6.44. The molecule has 0 fully saturated rings. The fourth-order valence-corrected chi connectivity index (χ4v) is 2.01. The van der Waals surface area contributed by atoms with Gasteiger partial charge in [-0.05, 0) is 24.9 Å². The number of aryl methyl sites for hydroxylation is 1. The van der Waals surface area contributed by atoms with E-state index in [4.69, 9.17) is 4.74 Å². The lowest BCUT2D eigenvalue weighted by atomic mass is 10.2. The van der Waals surface area contributed by atoms with Crippen molar-refractivity contribution >= 4 is 0 Å². The Morgan fingerprint density at radius 2 is 2.24 bits per heavy atom. The predicted octanol–water partition coefficient (Wildman–Crippen LogP) is 3.23. The van der Waals surface area contributed by atoms with E-state index in [9.17, 15) is 0 Å². The molecule has 2 heterocycles. The maximum absolute atomic E-state index is 5.86. The second kappa shape index (κ2) is 7.78. The van der Waals surface area contributed by atoms with Gasteiger partial charge in [0.25, 0.3) is 0 Å². The standard InChI is InChI=1S/C16H24N4O/c1-4-8-20-12-15(11-19-20)21-16-14(6-5-7-18-16)10-17-9-13(2)3/h5-7,11-13,17H,4,8-10H2,1-3H3. The van der Waals surface area contributed by atoms with Crippen molar-refractivity contribution in [3.05, 3.63) is 36.3 Å². The number of hydrogen-bond acceptors (Lipinski definition) is 4. The van der Waals surface area contributed by atoms with Gasteiger partial charge < -0.3 is 10.1 Å². The van der Waals surface area contributed by atoms with Crippen LogP contribution in [0.15, 0.2) is 30.7 Å². The molecule has 0 aliphatic rings. The van der Waals surface area contributed by atoms with Gasteiger partial charge in [0.2, 0.25) is 5.88 Å². The number of nitrogens with zero attached hydrogens (tertiary/aromatic N) is 3. The van der Waals surface area contributed by atoms with Crippen LogP contribution in [0.25, 0.3) is 0 Å². The number of rotatable bonds is 8. The van der Waals surface area contributed by atoms with Crippen molar-refractivity contribution in [1.82, 2.24) is 20.1 Å². The third-order valence-electron chi connectivity index (χ3n) is 2.99. The Morgan fingerprint density at radius 3 is 3.00 bits per heavy atom. The highest BCUT2D eigenvalue weighted by atomic mass is 16.5. The maximum Gasteiger partial charge on any atom is 0.223 e. The first-order valence-corrected chi connectivity index (χ1v) is 7.54. The molecule has 0 aromatic carbocycles. The zero-order valence-corrected chi connectivity index (χ0v) is 13.0. The zero-order valence-electron chi connectivity index (χ0n) is 13.0. The summed E-state index contributed by atoms with van der Waals surface area (Å²) in [5.74, 6) is 2.00. The van der Waals surface area contributed by atoms with Gasteiger partial charge in [0, 0.05) is 24.8 Å². The van der Waals surface area contributed by atoms with E-state index >= 15 is 0 Å². The molecular formula is C16H24N4O. The first kappa shape index (κ1) is 15.5. The lowest BCUT2D eigenvalue weighted by Crippen LogP contribution is -2.19. The lowest BCUT2D eigenvalue weighted by molar-refractivity contribution is 0.449. The minimum atomic E-state index is 0.623. The molecule has 0 aliphatic heterocycles. The molecule has 0 unspecified atom stereocenters. The van der Waals surface area contributed by atoms with E-state index in [0.29, 0.717) is 11.8 Å². The largest absolute Gasteiger partial charge is 0.435 e. The van der Waals surface area contributed by atoms with Crippen LogP contribution >= 0.6 is 0 Å². The van der Waals surface area contributed by atoms with E-state index in [2.05, 4.69) is 36.2 Å². The minimum Gasteiger partial charge on any atom is -0.435 e. The Kier molecular flexibility index (Phi) is 5.75. The second-order valence-electron chi connectivity index (χ2n) is 5.53. The molecule has 0 aliphatic carbocycles. The molecule has 0 amide bonds. The summed E-state index contributed by atoms with van der Waals surface area (Å²) in [7, 11) is 0. The molecule has 21 heavy (non-hydrogen) atoms. The Morgan fingerprint density at radius 1 is 1.38 bits per heavy atom. The summed E-state index contributed by atoms with van der Waals surface area (Å²) in [4.78, 5) is 4.33. The number of pyridine rings is 1. The fraction of sp³-hybridized carbons (Fsp3) is 0.500. The summed E-state index contributed by atoms with van der Waals surface area (Å²) in [5.41, 5.74) is 1.06. The molecule has 114 valence electrons. The van der Waals surface area contributed by atoms with Gasteiger partial charge in [-0.2, -0.15) is 5.10 Å². The van der Waals surface area contributed by atoms with Crippen LogP contribution in [0.2, 0.25) is 0 Å². The maximum atomic E-state index is 5.86. The minimum absolute atomic E-state index is 0.623. The van der Waals surface area contributed by atoms with Gasteiger partial charge in [-0.1, -0.05) is 26.8 Å². The molecule has 0 atom stereocenters. The van der Waals surface area contributed by atoms with Crippen molar-refractivity contribution in [2.24, 2.45) is 5.92 Å². The topological polar surface area (TPSA) is 52.0 Å². The number of ether oxygens (including phenoxy) is 1. The average Bonchev–Trinajstić information content (AvgIpc) is 2.88. The van der Waals surface area contributed by atoms with Crippen molar-refractivity contribution in [2.45, 2.75) is 40.3 Å². The summed E-state index contributed by atoms with van der Waals surface area (Å²) >= 11 is 0. The fourth-order valence-electron chi connectivity index (χ4n) is 2.01. The van der Waals surface area contributed by atoms with Crippen LogP contribution in [0, 0.1) is 5.92 Å². The normalized spacial score (nSPS) is 11.0. The first-order valence-electron chi connectivity index (χ1n) is 7.54. The Labute approximate surface area is 126 Å². The molecule has 2 rings (SSSR count). The molecule has 0 radical (unpaired) electrons. The third-order valence-corrected chi connectivity index (χ3v) is 2.99. The summed E-state index contributed by atoms with van der Waals surface area (Å²) in [5, 5.41) is 7.68. The monoisotopic (exact) mass is 288 g/mol. The van der Waals surface area contributed by atoms with Gasteiger partial charge in [0.1, 0.15) is 0 Å². The van der Waals surface area contributed by atoms with Crippen LogP contribution in [-0.4, -0.2) is 21.3 Å². The molecule has 2 aromatic rings. The van der Waals surface area contributed by atoms with E-state index in [1.807, 2.05) is 23.0 Å². The Bertz CT molecular complexity index is 551. The van der Waals surface area contributed by atoms with Crippen LogP contribution in [-0.2, 0) is 13.1 Å². The van der Waals surface area contributed by atoms with Gasteiger partial charge in [-0.15, -0.1) is 0 Å². The molecule has 0 bridgehead atoms.